The van der Waals surface area contributed by atoms with Crippen molar-refractivity contribution in [3.8, 4) is 6.07 Å². The van der Waals surface area contributed by atoms with E-state index in [9.17, 15) is 0 Å². The maximum absolute atomic E-state index is 8.59. The van der Waals surface area contributed by atoms with E-state index in [-0.39, 0.29) is 6.10 Å². The van der Waals surface area contributed by atoms with Crippen molar-refractivity contribution in [2.45, 2.75) is 25.9 Å². The van der Waals surface area contributed by atoms with Crippen molar-refractivity contribution in [1.29, 1.82) is 5.26 Å². The first-order chi connectivity index (χ1) is 8.11. The Morgan fingerprint density at radius 3 is 2.71 bits per heavy atom. The molecule has 1 fully saturated rings. The minimum atomic E-state index is -0.285. The van der Waals surface area contributed by atoms with Crippen molar-refractivity contribution in [2.75, 3.05) is 46.9 Å². The number of piperidine rings is 1. The zero-order valence-electron chi connectivity index (χ0n) is 11.4. The molecule has 1 heterocycles. The Labute approximate surface area is 105 Å². The van der Waals surface area contributed by atoms with Crippen molar-refractivity contribution in [3.63, 3.8) is 0 Å². The van der Waals surface area contributed by atoms with E-state index in [1.165, 1.54) is 25.9 Å². The monoisotopic (exact) mass is 239 g/mol. The summed E-state index contributed by atoms with van der Waals surface area (Å²) >= 11 is 0. The average molecular weight is 239 g/mol. The molecule has 0 N–H and O–H groups in total. The number of hydrogen-bond donors (Lipinski definition) is 0. The SMILES string of the molecule is CC(C#N)OCCN(C)CC1CCN(C)CC1. The third kappa shape index (κ3) is 6.02. The summed E-state index contributed by atoms with van der Waals surface area (Å²) in [4.78, 5) is 4.72. The van der Waals surface area contributed by atoms with Gasteiger partial charge in [-0.15, -0.1) is 0 Å². The minimum absolute atomic E-state index is 0.285. The predicted octanol–water partition coefficient (Wildman–Crippen LogP) is 1.19. The Hall–Kier alpha value is -0.630. The van der Waals surface area contributed by atoms with Gasteiger partial charge in [0.2, 0.25) is 0 Å². The normalized spacial score (nSPS) is 20.4. The van der Waals surface area contributed by atoms with Gasteiger partial charge in [0.15, 0.2) is 0 Å². The number of rotatable bonds is 6. The highest BCUT2D eigenvalue weighted by Gasteiger charge is 2.17. The van der Waals surface area contributed by atoms with Gasteiger partial charge in [-0.2, -0.15) is 5.26 Å². The Bertz CT molecular complexity index is 244. The van der Waals surface area contributed by atoms with Gasteiger partial charge in [0.25, 0.3) is 0 Å². The Balaban J connectivity index is 2.08. The lowest BCUT2D eigenvalue weighted by atomic mass is 9.97. The first-order valence-electron chi connectivity index (χ1n) is 6.50. The van der Waals surface area contributed by atoms with Crippen molar-refractivity contribution in [3.05, 3.63) is 0 Å². The van der Waals surface area contributed by atoms with Crippen LogP contribution in [0.15, 0.2) is 0 Å². The van der Waals surface area contributed by atoms with Crippen molar-refractivity contribution in [1.82, 2.24) is 9.80 Å². The molecule has 0 aliphatic carbocycles. The zero-order valence-corrected chi connectivity index (χ0v) is 11.4. The number of nitrogens with zero attached hydrogens (tertiary/aromatic N) is 3. The van der Waals surface area contributed by atoms with E-state index in [0.29, 0.717) is 6.61 Å². The van der Waals surface area contributed by atoms with Gasteiger partial charge < -0.3 is 14.5 Å². The summed E-state index contributed by atoms with van der Waals surface area (Å²) in [5, 5.41) is 8.59. The zero-order chi connectivity index (χ0) is 12.7. The molecule has 0 aromatic heterocycles. The molecule has 0 aromatic rings. The van der Waals surface area contributed by atoms with Crippen LogP contribution < -0.4 is 0 Å². The summed E-state index contributed by atoms with van der Waals surface area (Å²) < 4.78 is 5.36. The van der Waals surface area contributed by atoms with Gasteiger partial charge >= 0.3 is 0 Å². The van der Waals surface area contributed by atoms with E-state index in [4.69, 9.17) is 10.00 Å². The number of hydrogen-bond acceptors (Lipinski definition) is 4. The Morgan fingerprint density at radius 2 is 2.12 bits per heavy atom. The smallest absolute Gasteiger partial charge is 0.141 e. The molecule has 1 aliphatic rings. The molecule has 0 amide bonds. The molecule has 0 bridgehead atoms. The highest BCUT2D eigenvalue weighted by Crippen LogP contribution is 2.16. The van der Waals surface area contributed by atoms with Crippen LogP contribution in [0.5, 0.6) is 0 Å². The summed E-state index contributed by atoms with van der Waals surface area (Å²) in [6.07, 6.45) is 2.32. The Kier molecular flexibility index (Phi) is 6.49. The maximum Gasteiger partial charge on any atom is 0.141 e. The minimum Gasteiger partial charge on any atom is -0.362 e. The molecule has 1 saturated heterocycles. The van der Waals surface area contributed by atoms with Crippen LogP contribution in [-0.4, -0.2) is 62.8 Å². The summed E-state index contributed by atoms with van der Waals surface area (Å²) in [5.41, 5.74) is 0. The fourth-order valence-electron chi connectivity index (χ4n) is 2.20. The summed E-state index contributed by atoms with van der Waals surface area (Å²) in [7, 11) is 4.33. The molecule has 98 valence electrons. The van der Waals surface area contributed by atoms with E-state index in [1.54, 1.807) is 6.92 Å². The van der Waals surface area contributed by atoms with Gasteiger partial charge in [0.1, 0.15) is 6.10 Å². The first-order valence-corrected chi connectivity index (χ1v) is 6.50. The average Bonchev–Trinajstić information content (AvgIpc) is 2.32. The molecule has 1 rings (SSSR count). The maximum atomic E-state index is 8.59. The van der Waals surface area contributed by atoms with Crippen LogP contribution in [0.2, 0.25) is 0 Å². The fraction of sp³-hybridized carbons (Fsp3) is 0.923. The van der Waals surface area contributed by atoms with Gasteiger partial charge in [0, 0.05) is 13.1 Å². The number of nitriles is 1. The first kappa shape index (κ1) is 14.4. The second kappa shape index (κ2) is 7.65. The van der Waals surface area contributed by atoms with E-state index in [0.717, 1.165) is 19.0 Å². The number of likely N-dealkylation sites (tertiary alicyclic amines) is 1. The molecule has 0 radical (unpaired) electrons. The highest BCUT2D eigenvalue weighted by molar-refractivity contribution is 4.79. The molecule has 0 saturated carbocycles. The van der Waals surface area contributed by atoms with Crippen LogP contribution in [0.3, 0.4) is 0 Å². The molecule has 17 heavy (non-hydrogen) atoms. The lowest BCUT2D eigenvalue weighted by molar-refractivity contribution is 0.0768. The van der Waals surface area contributed by atoms with Crippen LogP contribution in [0.1, 0.15) is 19.8 Å². The topological polar surface area (TPSA) is 39.5 Å². The second-order valence-corrected chi connectivity index (χ2v) is 5.15. The van der Waals surface area contributed by atoms with Crippen LogP contribution >= 0.6 is 0 Å². The Morgan fingerprint density at radius 1 is 1.47 bits per heavy atom. The van der Waals surface area contributed by atoms with Crippen LogP contribution in [-0.2, 0) is 4.74 Å². The predicted molar refractivity (Wildman–Crippen MR) is 68.7 cm³/mol. The number of ether oxygens (including phenoxy) is 1. The summed E-state index contributed by atoms with van der Waals surface area (Å²) in [6.45, 7) is 6.95. The van der Waals surface area contributed by atoms with Crippen LogP contribution in [0.25, 0.3) is 0 Å². The van der Waals surface area contributed by atoms with Gasteiger partial charge in [-0.25, -0.2) is 0 Å². The van der Waals surface area contributed by atoms with Crippen LogP contribution in [0, 0.1) is 17.2 Å². The van der Waals surface area contributed by atoms with E-state index >= 15 is 0 Å². The van der Waals surface area contributed by atoms with E-state index < -0.39 is 0 Å². The summed E-state index contributed by atoms with van der Waals surface area (Å²) in [5.74, 6) is 0.824. The molecule has 0 spiro atoms. The molecule has 1 aliphatic heterocycles. The molecular weight excluding hydrogens is 214 g/mol. The van der Waals surface area contributed by atoms with Crippen LogP contribution in [0.4, 0.5) is 0 Å². The summed E-state index contributed by atoms with van der Waals surface area (Å²) in [6, 6.07) is 2.08. The van der Waals surface area contributed by atoms with Gasteiger partial charge in [-0.05, 0) is 52.9 Å². The molecule has 0 aromatic carbocycles. The van der Waals surface area contributed by atoms with Crippen molar-refractivity contribution < 1.29 is 4.74 Å². The van der Waals surface area contributed by atoms with E-state index in [1.807, 2.05) is 0 Å². The molecule has 1 atom stereocenters. The molecule has 4 heteroatoms. The fourth-order valence-corrected chi connectivity index (χ4v) is 2.20. The quantitative estimate of drug-likeness (QED) is 0.698. The lowest BCUT2D eigenvalue weighted by Gasteiger charge is -2.31. The largest absolute Gasteiger partial charge is 0.362 e. The number of likely N-dealkylation sites (N-methyl/N-ethyl adjacent to an activating group) is 1. The third-order valence-corrected chi connectivity index (χ3v) is 3.43. The third-order valence-electron chi connectivity index (χ3n) is 3.43. The van der Waals surface area contributed by atoms with Gasteiger partial charge in [-0.3, -0.25) is 0 Å². The highest BCUT2D eigenvalue weighted by atomic mass is 16.5. The van der Waals surface area contributed by atoms with Crippen molar-refractivity contribution in [2.24, 2.45) is 5.92 Å². The molecule has 4 nitrogen and oxygen atoms in total. The molecular formula is C13H25N3O. The standard InChI is InChI=1S/C13H25N3O/c1-12(10-14)17-9-8-16(3)11-13-4-6-15(2)7-5-13/h12-13H,4-9,11H2,1-3H3. The second-order valence-electron chi connectivity index (χ2n) is 5.15. The van der Waals surface area contributed by atoms with E-state index in [2.05, 4.69) is 30.0 Å². The van der Waals surface area contributed by atoms with Gasteiger partial charge in [0.05, 0.1) is 12.7 Å². The lowest BCUT2D eigenvalue weighted by Crippen LogP contribution is -2.36. The van der Waals surface area contributed by atoms with Crippen molar-refractivity contribution >= 4 is 0 Å². The molecule has 1 unspecified atom stereocenters. The van der Waals surface area contributed by atoms with Gasteiger partial charge in [-0.1, -0.05) is 0 Å².